The van der Waals surface area contributed by atoms with Crippen molar-refractivity contribution in [2.75, 3.05) is 13.1 Å². The van der Waals surface area contributed by atoms with Crippen LogP contribution in [-0.2, 0) is 11.3 Å². The molecule has 0 aromatic carbocycles. The molecule has 0 saturated carbocycles. The number of amides is 1. The molecule has 108 valence electrons. The Balaban J connectivity index is 2.47. The van der Waals surface area contributed by atoms with Gasteiger partial charge in [0.2, 0.25) is 5.91 Å². The van der Waals surface area contributed by atoms with Crippen LogP contribution in [0, 0.1) is 6.92 Å². The molecule has 2 heterocycles. The van der Waals surface area contributed by atoms with E-state index in [1.165, 1.54) is 11.3 Å². The Morgan fingerprint density at radius 3 is 2.60 bits per heavy atom. The van der Waals surface area contributed by atoms with Gasteiger partial charge in [-0.3, -0.25) is 19.1 Å². The van der Waals surface area contributed by atoms with Gasteiger partial charge in [-0.05, 0) is 26.8 Å². The summed E-state index contributed by atoms with van der Waals surface area (Å²) in [7, 11) is 0. The lowest BCUT2D eigenvalue weighted by Gasteiger charge is -2.18. The summed E-state index contributed by atoms with van der Waals surface area (Å²) in [4.78, 5) is 42.0. The number of nitrogens with zero attached hydrogens (tertiary/aromatic N) is 2. The first-order valence-corrected chi connectivity index (χ1v) is 7.30. The first-order chi connectivity index (χ1) is 9.47. The standard InChI is InChI=1S/C13H17N3O3S/c1-4-15(5-2)10(17)7-16-12(18)9-6-8(3)20-11(9)14-13(16)19/h6H,4-5,7H2,1-3H3,(H,14,19). The fourth-order valence-electron chi connectivity index (χ4n) is 2.12. The molecule has 0 unspecified atom stereocenters. The van der Waals surface area contributed by atoms with Crippen LogP contribution in [0.15, 0.2) is 15.7 Å². The molecule has 1 N–H and O–H groups in total. The Bertz CT molecular complexity index is 752. The minimum atomic E-state index is -0.537. The van der Waals surface area contributed by atoms with Gasteiger partial charge in [0.15, 0.2) is 0 Å². The fraction of sp³-hybridized carbons (Fsp3) is 0.462. The second-order valence-corrected chi connectivity index (χ2v) is 5.74. The number of fused-ring (bicyclic) bond motifs is 1. The molecule has 2 aromatic rings. The van der Waals surface area contributed by atoms with E-state index in [-0.39, 0.29) is 12.5 Å². The van der Waals surface area contributed by atoms with Gasteiger partial charge in [0.1, 0.15) is 11.4 Å². The first-order valence-electron chi connectivity index (χ1n) is 6.49. The third-order valence-corrected chi connectivity index (χ3v) is 4.17. The number of aromatic amines is 1. The molecule has 0 aliphatic carbocycles. The van der Waals surface area contributed by atoms with Crippen LogP contribution in [0.25, 0.3) is 10.2 Å². The van der Waals surface area contributed by atoms with Gasteiger partial charge >= 0.3 is 5.69 Å². The molecule has 0 aliphatic rings. The highest BCUT2D eigenvalue weighted by molar-refractivity contribution is 7.18. The average Bonchev–Trinajstić information content (AvgIpc) is 2.76. The van der Waals surface area contributed by atoms with Crippen LogP contribution in [0.5, 0.6) is 0 Å². The normalized spacial score (nSPS) is 10.9. The highest BCUT2D eigenvalue weighted by Crippen LogP contribution is 2.18. The van der Waals surface area contributed by atoms with E-state index < -0.39 is 11.2 Å². The number of carbonyl (C=O) groups is 1. The average molecular weight is 295 g/mol. The third-order valence-electron chi connectivity index (χ3n) is 3.21. The maximum absolute atomic E-state index is 12.3. The van der Waals surface area contributed by atoms with Crippen molar-refractivity contribution in [2.24, 2.45) is 0 Å². The van der Waals surface area contributed by atoms with Gasteiger partial charge in [-0.2, -0.15) is 0 Å². The van der Waals surface area contributed by atoms with E-state index in [0.717, 1.165) is 9.44 Å². The molecule has 2 aromatic heterocycles. The molecule has 0 bridgehead atoms. The van der Waals surface area contributed by atoms with Gasteiger partial charge in [0.05, 0.1) is 5.39 Å². The van der Waals surface area contributed by atoms with E-state index in [1.807, 2.05) is 20.8 Å². The third kappa shape index (κ3) is 2.53. The van der Waals surface area contributed by atoms with Gasteiger partial charge in [-0.1, -0.05) is 0 Å². The maximum atomic E-state index is 12.3. The second kappa shape index (κ2) is 5.62. The van der Waals surface area contributed by atoms with Crippen molar-refractivity contribution >= 4 is 27.5 Å². The summed E-state index contributed by atoms with van der Waals surface area (Å²) in [5.74, 6) is -0.228. The molecule has 7 heteroatoms. The number of aromatic nitrogens is 2. The number of hydrogen-bond donors (Lipinski definition) is 1. The molecule has 0 fully saturated rings. The van der Waals surface area contributed by atoms with Gasteiger partial charge < -0.3 is 4.90 Å². The summed E-state index contributed by atoms with van der Waals surface area (Å²) in [6.07, 6.45) is 0. The number of hydrogen-bond acceptors (Lipinski definition) is 4. The zero-order valence-corrected chi connectivity index (χ0v) is 12.5. The summed E-state index contributed by atoms with van der Waals surface area (Å²) in [5.41, 5.74) is -0.946. The van der Waals surface area contributed by atoms with Crippen molar-refractivity contribution in [2.45, 2.75) is 27.3 Å². The van der Waals surface area contributed by atoms with E-state index in [0.29, 0.717) is 23.3 Å². The first kappa shape index (κ1) is 14.5. The highest BCUT2D eigenvalue weighted by Gasteiger charge is 2.15. The minimum Gasteiger partial charge on any atom is -0.342 e. The summed E-state index contributed by atoms with van der Waals surface area (Å²) in [6, 6.07) is 1.73. The number of carbonyl (C=O) groups excluding carboxylic acids is 1. The molecule has 0 atom stereocenters. The molecule has 2 rings (SSSR count). The van der Waals surface area contributed by atoms with Crippen molar-refractivity contribution in [1.82, 2.24) is 14.5 Å². The molecule has 6 nitrogen and oxygen atoms in total. The van der Waals surface area contributed by atoms with Crippen LogP contribution in [0.2, 0.25) is 0 Å². The van der Waals surface area contributed by atoms with Gasteiger partial charge in [0, 0.05) is 18.0 Å². The Morgan fingerprint density at radius 2 is 2.00 bits per heavy atom. The highest BCUT2D eigenvalue weighted by atomic mass is 32.1. The summed E-state index contributed by atoms with van der Waals surface area (Å²) < 4.78 is 0.967. The zero-order chi connectivity index (χ0) is 14.9. The van der Waals surface area contributed by atoms with E-state index in [9.17, 15) is 14.4 Å². The fourth-order valence-corrected chi connectivity index (χ4v) is 3.02. The Labute approximate surface area is 119 Å². The molecule has 0 saturated heterocycles. The molecular formula is C13H17N3O3S. The molecular weight excluding hydrogens is 278 g/mol. The summed E-state index contributed by atoms with van der Waals surface area (Å²) in [5, 5.41) is 0.458. The van der Waals surface area contributed by atoms with Gasteiger partial charge in [-0.25, -0.2) is 4.79 Å². The lowest BCUT2D eigenvalue weighted by Crippen LogP contribution is -2.42. The minimum absolute atomic E-state index is 0.222. The summed E-state index contributed by atoms with van der Waals surface area (Å²) in [6.45, 7) is 6.48. The lowest BCUT2D eigenvalue weighted by atomic mass is 10.3. The largest absolute Gasteiger partial charge is 0.342 e. The molecule has 20 heavy (non-hydrogen) atoms. The van der Waals surface area contributed by atoms with Crippen molar-refractivity contribution in [3.05, 3.63) is 31.8 Å². The smallest absolute Gasteiger partial charge is 0.329 e. The number of likely N-dealkylation sites (N-methyl/N-ethyl adjacent to an activating group) is 1. The second-order valence-electron chi connectivity index (χ2n) is 4.49. The van der Waals surface area contributed by atoms with Crippen LogP contribution in [0.4, 0.5) is 0 Å². The van der Waals surface area contributed by atoms with Gasteiger partial charge in [0.25, 0.3) is 5.56 Å². The van der Waals surface area contributed by atoms with E-state index in [4.69, 9.17) is 0 Å². The monoisotopic (exact) mass is 295 g/mol. The Hall–Kier alpha value is -1.89. The quantitative estimate of drug-likeness (QED) is 0.911. The zero-order valence-electron chi connectivity index (χ0n) is 11.7. The predicted octanol–water partition coefficient (Wildman–Crippen LogP) is 0.928. The van der Waals surface area contributed by atoms with Crippen LogP contribution >= 0.6 is 11.3 Å². The maximum Gasteiger partial charge on any atom is 0.329 e. The van der Waals surface area contributed by atoms with Crippen LogP contribution in [0.1, 0.15) is 18.7 Å². The number of H-pyrrole nitrogens is 1. The van der Waals surface area contributed by atoms with Crippen molar-refractivity contribution in [1.29, 1.82) is 0 Å². The van der Waals surface area contributed by atoms with E-state index in [1.54, 1.807) is 11.0 Å². The number of nitrogens with one attached hydrogen (secondary N) is 1. The number of rotatable bonds is 4. The summed E-state index contributed by atoms with van der Waals surface area (Å²) >= 11 is 1.36. The van der Waals surface area contributed by atoms with Crippen LogP contribution in [0.3, 0.4) is 0 Å². The topological polar surface area (TPSA) is 75.2 Å². The molecule has 1 amide bonds. The predicted molar refractivity (Wildman–Crippen MR) is 79.4 cm³/mol. The van der Waals surface area contributed by atoms with Crippen molar-refractivity contribution < 1.29 is 4.79 Å². The van der Waals surface area contributed by atoms with Crippen LogP contribution < -0.4 is 11.2 Å². The van der Waals surface area contributed by atoms with Crippen molar-refractivity contribution in [3.63, 3.8) is 0 Å². The lowest BCUT2D eigenvalue weighted by molar-refractivity contribution is -0.131. The van der Waals surface area contributed by atoms with E-state index in [2.05, 4.69) is 4.98 Å². The Kier molecular flexibility index (Phi) is 4.08. The van der Waals surface area contributed by atoms with Crippen LogP contribution in [-0.4, -0.2) is 33.4 Å². The Morgan fingerprint density at radius 1 is 1.35 bits per heavy atom. The molecule has 0 aliphatic heterocycles. The number of thiophene rings is 1. The molecule has 0 spiro atoms. The van der Waals surface area contributed by atoms with Crippen molar-refractivity contribution in [3.8, 4) is 0 Å². The van der Waals surface area contributed by atoms with Gasteiger partial charge in [-0.15, -0.1) is 11.3 Å². The van der Waals surface area contributed by atoms with E-state index >= 15 is 0 Å². The number of aryl methyl sites for hydroxylation is 1. The SMILES string of the molecule is CCN(CC)C(=O)Cn1c(=O)[nH]c2sc(C)cc2c1=O. The molecule has 0 radical (unpaired) electrons.